The highest BCUT2D eigenvalue weighted by Crippen LogP contribution is 2.20. The van der Waals surface area contributed by atoms with Crippen molar-refractivity contribution in [2.45, 2.75) is 6.61 Å². The van der Waals surface area contributed by atoms with Crippen LogP contribution < -0.4 is 5.32 Å². The molecule has 0 aliphatic carbocycles. The number of nitrogens with one attached hydrogen (secondary N) is 1. The summed E-state index contributed by atoms with van der Waals surface area (Å²) in [6.45, 7) is -0.175. The van der Waals surface area contributed by atoms with E-state index in [4.69, 9.17) is 27.2 Å². The Bertz CT molecular complexity index is 481. The van der Waals surface area contributed by atoms with E-state index in [1.165, 1.54) is 6.20 Å². The molecular formula is C11H8ClN3O. The minimum Gasteiger partial charge on any atom is -0.392 e. The molecule has 0 atom stereocenters. The average Bonchev–Trinajstić information content (AvgIpc) is 2.31. The van der Waals surface area contributed by atoms with Gasteiger partial charge in [-0.05, 0) is 18.2 Å². The molecule has 1 aromatic rings. The van der Waals surface area contributed by atoms with Crippen LogP contribution in [0.25, 0.3) is 0 Å². The molecule has 0 aliphatic heterocycles. The Hall–Kier alpha value is -2.01. The Morgan fingerprint density at radius 3 is 2.69 bits per heavy atom. The van der Waals surface area contributed by atoms with Gasteiger partial charge < -0.3 is 10.4 Å². The molecule has 1 aromatic carbocycles. The number of rotatable bonds is 3. The number of hydrogen-bond acceptors (Lipinski definition) is 4. The molecule has 0 bridgehead atoms. The Balaban J connectivity index is 2.95. The van der Waals surface area contributed by atoms with Crippen molar-refractivity contribution in [1.29, 1.82) is 10.5 Å². The van der Waals surface area contributed by atoms with Gasteiger partial charge in [-0.15, -0.1) is 0 Å². The Labute approximate surface area is 98.0 Å². The van der Waals surface area contributed by atoms with Crippen LogP contribution in [0.15, 0.2) is 30.0 Å². The lowest BCUT2D eigenvalue weighted by atomic mass is 10.2. The number of aliphatic hydroxyl groups excluding tert-OH is 1. The summed E-state index contributed by atoms with van der Waals surface area (Å²) in [4.78, 5) is 0. The van der Waals surface area contributed by atoms with Crippen molar-refractivity contribution in [1.82, 2.24) is 0 Å². The van der Waals surface area contributed by atoms with Crippen LogP contribution in [0.1, 0.15) is 5.56 Å². The van der Waals surface area contributed by atoms with Gasteiger partial charge in [0.15, 0.2) is 0 Å². The number of halogens is 1. The van der Waals surface area contributed by atoms with Gasteiger partial charge in [0, 0.05) is 22.5 Å². The molecule has 0 amide bonds. The van der Waals surface area contributed by atoms with E-state index in [-0.39, 0.29) is 12.2 Å². The van der Waals surface area contributed by atoms with Crippen LogP contribution in [-0.4, -0.2) is 5.11 Å². The predicted molar refractivity (Wildman–Crippen MR) is 60.3 cm³/mol. The first-order valence-electron chi connectivity index (χ1n) is 4.37. The third kappa shape index (κ3) is 2.99. The quantitative estimate of drug-likeness (QED) is 0.785. The molecule has 0 unspecified atom stereocenters. The molecule has 0 heterocycles. The molecule has 2 N–H and O–H groups in total. The van der Waals surface area contributed by atoms with Crippen molar-refractivity contribution in [3.8, 4) is 12.1 Å². The van der Waals surface area contributed by atoms with Crippen LogP contribution in [0, 0.1) is 22.7 Å². The lowest BCUT2D eigenvalue weighted by Crippen LogP contribution is -1.95. The highest BCUT2D eigenvalue weighted by molar-refractivity contribution is 6.30. The first-order chi connectivity index (χ1) is 7.71. The van der Waals surface area contributed by atoms with Gasteiger partial charge in [-0.3, -0.25) is 0 Å². The fourth-order valence-electron chi connectivity index (χ4n) is 1.07. The Morgan fingerprint density at radius 2 is 2.12 bits per heavy atom. The highest BCUT2D eigenvalue weighted by atomic mass is 35.5. The SMILES string of the molecule is N#CC(C#N)=CNc1ccc(Cl)cc1CO. The topological polar surface area (TPSA) is 79.8 Å². The van der Waals surface area contributed by atoms with Gasteiger partial charge in [0.2, 0.25) is 0 Å². The maximum atomic E-state index is 9.07. The molecule has 1 rings (SSSR count). The first-order valence-corrected chi connectivity index (χ1v) is 4.75. The minimum atomic E-state index is -0.175. The maximum Gasteiger partial charge on any atom is 0.145 e. The van der Waals surface area contributed by atoms with Gasteiger partial charge in [-0.2, -0.15) is 10.5 Å². The summed E-state index contributed by atoms with van der Waals surface area (Å²) in [6, 6.07) is 8.36. The summed E-state index contributed by atoms with van der Waals surface area (Å²) < 4.78 is 0. The molecule has 5 heteroatoms. The zero-order chi connectivity index (χ0) is 12.0. The highest BCUT2D eigenvalue weighted by Gasteiger charge is 2.01. The molecule has 0 saturated carbocycles. The van der Waals surface area contributed by atoms with Crippen molar-refractivity contribution in [3.63, 3.8) is 0 Å². The van der Waals surface area contributed by atoms with Crippen LogP contribution in [-0.2, 0) is 6.61 Å². The molecule has 0 spiro atoms. The monoisotopic (exact) mass is 233 g/mol. The van der Waals surface area contributed by atoms with E-state index < -0.39 is 0 Å². The van der Waals surface area contributed by atoms with Gasteiger partial charge in [0.25, 0.3) is 0 Å². The largest absolute Gasteiger partial charge is 0.392 e. The average molecular weight is 234 g/mol. The van der Waals surface area contributed by atoms with Gasteiger partial charge in [-0.25, -0.2) is 0 Å². The normalized spacial score (nSPS) is 8.75. The van der Waals surface area contributed by atoms with Crippen molar-refractivity contribution >= 4 is 17.3 Å². The lowest BCUT2D eigenvalue weighted by molar-refractivity contribution is 0.282. The fourth-order valence-corrected chi connectivity index (χ4v) is 1.27. The number of hydrogen-bond donors (Lipinski definition) is 2. The van der Waals surface area contributed by atoms with Crippen molar-refractivity contribution in [2.75, 3.05) is 5.32 Å². The van der Waals surface area contributed by atoms with Crippen LogP contribution in [0.4, 0.5) is 5.69 Å². The Kier molecular flexibility index (Phi) is 4.35. The second kappa shape index (κ2) is 5.77. The number of anilines is 1. The molecular weight excluding hydrogens is 226 g/mol. The van der Waals surface area contributed by atoms with Gasteiger partial charge in [0.05, 0.1) is 6.61 Å². The van der Waals surface area contributed by atoms with Gasteiger partial charge in [0.1, 0.15) is 17.7 Å². The standard InChI is InChI=1S/C11H8ClN3O/c12-10-1-2-11(9(3-10)7-16)15-6-8(4-13)5-14/h1-3,6,15-16H,7H2. The van der Waals surface area contributed by atoms with E-state index >= 15 is 0 Å². The van der Waals surface area contributed by atoms with E-state index in [1.54, 1.807) is 30.3 Å². The molecule has 0 aliphatic rings. The molecule has 0 fully saturated rings. The zero-order valence-corrected chi connectivity index (χ0v) is 8.99. The summed E-state index contributed by atoms with van der Waals surface area (Å²) in [5.74, 6) is 0. The molecule has 80 valence electrons. The van der Waals surface area contributed by atoms with Crippen LogP contribution >= 0.6 is 11.6 Å². The van der Waals surface area contributed by atoms with Crippen LogP contribution in [0.3, 0.4) is 0 Å². The van der Waals surface area contributed by atoms with Crippen LogP contribution in [0.5, 0.6) is 0 Å². The third-order valence-corrected chi connectivity index (χ3v) is 2.09. The summed E-state index contributed by atoms with van der Waals surface area (Å²) in [5, 5.41) is 29.4. The van der Waals surface area contributed by atoms with Crippen molar-refractivity contribution < 1.29 is 5.11 Å². The number of nitrogens with zero attached hydrogens (tertiary/aromatic N) is 2. The molecule has 4 nitrogen and oxygen atoms in total. The molecule has 16 heavy (non-hydrogen) atoms. The third-order valence-electron chi connectivity index (χ3n) is 1.85. The van der Waals surface area contributed by atoms with Gasteiger partial charge in [-0.1, -0.05) is 11.6 Å². The molecule has 0 saturated heterocycles. The summed E-state index contributed by atoms with van der Waals surface area (Å²) >= 11 is 5.75. The number of aliphatic hydroxyl groups is 1. The second-order valence-electron chi connectivity index (χ2n) is 2.89. The van der Waals surface area contributed by atoms with E-state index in [1.807, 2.05) is 0 Å². The van der Waals surface area contributed by atoms with Crippen molar-refractivity contribution in [2.24, 2.45) is 0 Å². The van der Waals surface area contributed by atoms with E-state index in [2.05, 4.69) is 5.32 Å². The second-order valence-corrected chi connectivity index (χ2v) is 3.32. The first kappa shape index (κ1) is 12.1. The zero-order valence-electron chi connectivity index (χ0n) is 8.24. The van der Waals surface area contributed by atoms with E-state index in [0.29, 0.717) is 16.3 Å². The smallest absolute Gasteiger partial charge is 0.145 e. The number of benzene rings is 1. The molecule has 0 radical (unpaired) electrons. The lowest BCUT2D eigenvalue weighted by Gasteiger charge is -2.07. The minimum absolute atomic E-state index is 0.0427. The molecule has 0 aromatic heterocycles. The number of allylic oxidation sites excluding steroid dienone is 1. The number of nitriles is 2. The van der Waals surface area contributed by atoms with Gasteiger partial charge >= 0.3 is 0 Å². The summed E-state index contributed by atoms with van der Waals surface area (Å²) in [5.41, 5.74) is 1.16. The summed E-state index contributed by atoms with van der Waals surface area (Å²) in [7, 11) is 0. The van der Waals surface area contributed by atoms with E-state index in [9.17, 15) is 0 Å². The Morgan fingerprint density at radius 1 is 1.44 bits per heavy atom. The maximum absolute atomic E-state index is 9.07. The summed E-state index contributed by atoms with van der Waals surface area (Å²) in [6.07, 6.45) is 1.28. The van der Waals surface area contributed by atoms with Crippen LogP contribution in [0.2, 0.25) is 5.02 Å². The van der Waals surface area contributed by atoms with Crippen molar-refractivity contribution in [3.05, 3.63) is 40.6 Å². The predicted octanol–water partition coefficient (Wildman–Crippen LogP) is 2.18. The fraction of sp³-hybridized carbons (Fsp3) is 0.0909. The van der Waals surface area contributed by atoms with E-state index in [0.717, 1.165) is 0 Å².